The molecule has 50 heavy (non-hydrogen) atoms. The molecule has 3 aromatic carbocycles. The molecule has 3 saturated heterocycles. The zero-order valence-corrected chi connectivity index (χ0v) is 29.5. The second kappa shape index (κ2) is 16.2. The zero-order valence-electron chi connectivity index (χ0n) is 29.5. The summed E-state index contributed by atoms with van der Waals surface area (Å²) in [7, 11) is 0. The van der Waals surface area contributed by atoms with Gasteiger partial charge in [0.1, 0.15) is 28.7 Å². The lowest BCUT2D eigenvalue weighted by molar-refractivity contribution is -0.942. The fraction of sp³-hybridized carbons (Fsp3) is 0.463. The number of carbonyl (C=O) groups is 1. The van der Waals surface area contributed by atoms with Gasteiger partial charge in [-0.15, -0.1) is 0 Å². The van der Waals surface area contributed by atoms with Gasteiger partial charge in [0.2, 0.25) is 5.43 Å². The van der Waals surface area contributed by atoms with Gasteiger partial charge in [0.15, 0.2) is 0 Å². The number of unbranched alkanes of at least 4 members (excludes halogenated alkanes) is 5. The highest BCUT2D eigenvalue weighted by atomic mass is 19.1. The molecular formula is C41H50F2N3O4+. The maximum Gasteiger partial charge on any atom is 0.263 e. The topological polar surface area (TPSA) is 60.8 Å². The van der Waals surface area contributed by atoms with Crippen molar-refractivity contribution < 1.29 is 27.5 Å². The van der Waals surface area contributed by atoms with E-state index in [1.807, 2.05) is 37.3 Å². The van der Waals surface area contributed by atoms with Crippen LogP contribution in [-0.2, 0) is 0 Å². The monoisotopic (exact) mass is 686 g/mol. The van der Waals surface area contributed by atoms with Gasteiger partial charge >= 0.3 is 0 Å². The van der Waals surface area contributed by atoms with Gasteiger partial charge in [-0.1, -0.05) is 25.3 Å². The van der Waals surface area contributed by atoms with Crippen LogP contribution in [0.1, 0.15) is 82.0 Å². The quantitative estimate of drug-likeness (QED) is 0.0875. The molecular weight excluding hydrogens is 636 g/mol. The number of quaternary nitrogens is 1. The number of pyridine rings is 1. The molecule has 3 aliphatic heterocycles. The molecule has 3 fully saturated rings. The van der Waals surface area contributed by atoms with Crippen LogP contribution in [-0.4, -0.2) is 60.9 Å². The largest absolute Gasteiger partial charge is 0.494 e. The van der Waals surface area contributed by atoms with Crippen molar-refractivity contribution in [2.45, 2.75) is 71.6 Å². The lowest BCUT2D eigenvalue weighted by atomic mass is 9.85. The van der Waals surface area contributed by atoms with Crippen molar-refractivity contribution in [1.29, 1.82) is 0 Å². The SMILES string of the molecule is CCOc1cccc(-n2cc(C(=O)N(CC)c3cc(F)cc(F)c3)c(=O)c3ccc(OCCCCCCCC[N+]45CCC(CC4)CC5)cc32)c1. The summed E-state index contributed by atoms with van der Waals surface area (Å²) in [5, 5.41) is 0.325. The Hall–Kier alpha value is -4.24. The minimum Gasteiger partial charge on any atom is -0.494 e. The summed E-state index contributed by atoms with van der Waals surface area (Å²) in [6.45, 7) is 10.3. The molecule has 2 bridgehead atoms. The average Bonchev–Trinajstić information content (AvgIpc) is 3.12. The smallest absolute Gasteiger partial charge is 0.263 e. The predicted octanol–water partition coefficient (Wildman–Crippen LogP) is 8.68. The van der Waals surface area contributed by atoms with Gasteiger partial charge < -0.3 is 23.4 Å². The van der Waals surface area contributed by atoms with Gasteiger partial charge in [-0.3, -0.25) is 9.59 Å². The van der Waals surface area contributed by atoms with E-state index < -0.39 is 23.0 Å². The normalized spacial score (nSPS) is 18.4. The highest BCUT2D eigenvalue weighted by molar-refractivity contribution is 6.07. The molecule has 0 aliphatic carbocycles. The number of fused-ring (bicyclic) bond motifs is 4. The van der Waals surface area contributed by atoms with E-state index in [4.69, 9.17) is 9.47 Å². The minimum absolute atomic E-state index is 0.0355. The van der Waals surface area contributed by atoms with Crippen molar-refractivity contribution in [1.82, 2.24) is 4.57 Å². The van der Waals surface area contributed by atoms with Crippen molar-refractivity contribution >= 4 is 22.5 Å². The lowest BCUT2D eigenvalue weighted by Gasteiger charge is -2.49. The number of hydrogen-bond acceptors (Lipinski definition) is 4. The van der Waals surface area contributed by atoms with E-state index in [1.165, 1.54) is 86.7 Å². The number of carbonyl (C=O) groups excluding carboxylic acids is 1. The van der Waals surface area contributed by atoms with E-state index in [1.54, 1.807) is 23.6 Å². The fourth-order valence-corrected chi connectivity index (χ4v) is 7.85. The van der Waals surface area contributed by atoms with E-state index in [9.17, 15) is 18.4 Å². The minimum atomic E-state index is -0.807. The number of amides is 1. The van der Waals surface area contributed by atoms with Crippen molar-refractivity contribution in [3.63, 3.8) is 0 Å². The van der Waals surface area contributed by atoms with Crippen LogP contribution < -0.4 is 19.8 Å². The molecule has 1 aromatic heterocycles. The lowest BCUT2D eigenvalue weighted by Crippen LogP contribution is -2.58. The Balaban J connectivity index is 1.15. The summed E-state index contributed by atoms with van der Waals surface area (Å²) in [6, 6.07) is 15.6. The van der Waals surface area contributed by atoms with Crippen LogP contribution in [0.2, 0.25) is 0 Å². The van der Waals surface area contributed by atoms with Gasteiger partial charge in [-0.05, 0) is 94.7 Å². The van der Waals surface area contributed by atoms with Gasteiger partial charge in [0, 0.05) is 47.7 Å². The van der Waals surface area contributed by atoms with E-state index >= 15 is 0 Å². The summed E-state index contributed by atoms with van der Waals surface area (Å²) >= 11 is 0. The Bertz CT molecular complexity index is 1820. The fourth-order valence-electron chi connectivity index (χ4n) is 7.85. The van der Waals surface area contributed by atoms with Crippen LogP contribution in [0, 0.1) is 17.6 Å². The summed E-state index contributed by atoms with van der Waals surface area (Å²) in [5.74, 6) is 0.0198. The number of piperidine rings is 3. The standard InChI is InChI=1S/C41H50F2N3O4/c1-3-44(34-25-31(42)24-32(43)26-34)41(48)38-29-45(33-12-11-13-35(27-33)49-4-2)39-28-36(14-15-37(39)40(38)47)50-23-10-8-6-5-7-9-19-46-20-16-30(17-21-46)18-22-46/h11-15,24-30H,3-10,16-23H2,1-2H3/q+1. The summed E-state index contributed by atoms with van der Waals surface area (Å²) in [5.41, 5.74) is 0.694. The Morgan fingerprint density at radius 2 is 1.52 bits per heavy atom. The van der Waals surface area contributed by atoms with Crippen molar-refractivity contribution in [2.24, 2.45) is 5.92 Å². The molecule has 3 aliphatic rings. The molecule has 4 aromatic rings. The third kappa shape index (κ3) is 8.20. The molecule has 0 saturated carbocycles. The predicted molar refractivity (Wildman–Crippen MR) is 195 cm³/mol. The Labute approximate surface area is 294 Å². The Morgan fingerprint density at radius 1 is 0.840 bits per heavy atom. The molecule has 0 atom stereocenters. The van der Waals surface area contributed by atoms with Gasteiger partial charge in [-0.25, -0.2) is 8.78 Å². The number of halogens is 2. The first-order chi connectivity index (χ1) is 24.3. The summed E-state index contributed by atoms with van der Waals surface area (Å²) in [6.07, 6.45) is 13.0. The molecule has 7 nitrogen and oxygen atoms in total. The van der Waals surface area contributed by atoms with Crippen LogP contribution in [0.15, 0.2) is 71.7 Å². The Kier molecular flexibility index (Phi) is 11.5. The molecule has 4 heterocycles. The number of ether oxygens (including phenoxy) is 2. The maximum atomic E-state index is 14.1. The van der Waals surface area contributed by atoms with Crippen molar-refractivity contribution in [3.8, 4) is 17.2 Å². The third-order valence-electron chi connectivity index (χ3n) is 10.7. The summed E-state index contributed by atoms with van der Waals surface area (Å²) < 4.78 is 43.3. The van der Waals surface area contributed by atoms with Crippen LogP contribution in [0.3, 0.4) is 0 Å². The number of rotatable bonds is 16. The molecule has 0 unspecified atom stereocenters. The first-order valence-electron chi connectivity index (χ1n) is 18.5. The molecule has 7 rings (SSSR count). The number of nitrogens with zero attached hydrogens (tertiary/aromatic N) is 3. The zero-order chi connectivity index (χ0) is 35.1. The van der Waals surface area contributed by atoms with Gasteiger partial charge in [0.05, 0.1) is 44.9 Å². The average molecular weight is 687 g/mol. The van der Waals surface area contributed by atoms with Gasteiger partial charge in [0.25, 0.3) is 5.91 Å². The highest BCUT2D eigenvalue weighted by Gasteiger charge is 2.38. The first-order valence-corrected chi connectivity index (χ1v) is 18.5. The Morgan fingerprint density at radius 3 is 2.22 bits per heavy atom. The maximum absolute atomic E-state index is 14.1. The second-order valence-electron chi connectivity index (χ2n) is 14.0. The first kappa shape index (κ1) is 35.6. The van der Waals surface area contributed by atoms with E-state index in [0.717, 1.165) is 37.0 Å². The number of benzene rings is 3. The number of aromatic nitrogens is 1. The van der Waals surface area contributed by atoms with E-state index in [2.05, 4.69) is 0 Å². The molecule has 0 radical (unpaired) electrons. The second-order valence-corrected chi connectivity index (χ2v) is 14.0. The number of anilines is 1. The van der Waals surface area contributed by atoms with Crippen LogP contribution in [0.5, 0.6) is 11.5 Å². The van der Waals surface area contributed by atoms with E-state index in [-0.39, 0.29) is 17.8 Å². The van der Waals surface area contributed by atoms with Crippen LogP contribution >= 0.6 is 0 Å². The molecule has 0 spiro atoms. The van der Waals surface area contributed by atoms with Gasteiger partial charge in [-0.2, -0.15) is 0 Å². The molecule has 9 heteroatoms. The highest BCUT2D eigenvalue weighted by Crippen LogP contribution is 2.34. The van der Waals surface area contributed by atoms with E-state index in [0.29, 0.717) is 41.3 Å². The summed E-state index contributed by atoms with van der Waals surface area (Å²) in [4.78, 5) is 29.0. The third-order valence-corrected chi connectivity index (χ3v) is 10.7. The van der Waals surface area contributed by atoms with Crippen molar-refractivity contribution in [2.75, 3.05) is 50.8 Å². The molecule has 0 N–H and O–H groups in total. The van der Waals surface area contributed by atoms with Crippen LogP contribution in [0.4, 0.5) is 14.5 Å². The number of hydrogen-bond donors (Lipinski definition) is 0. The molecule has 266 valence electrons. The van der Waals surface area contributed by atoms with Crippen LogP contribution in [0.25, 0.3) is 16.6 Å². The van der Waals surface area contributed by atoms with Crippen molar-refractivity contribution in [3.05, 3.63) is 94.3 Å². The molecule has 1 amide bonds.